The van der Waals surface area contributed by atoms with E-state index in [-0.39, 0.29) is 180 Å². The molecule has 0 atom stereocenters. The van der Waals surface area contributed by atoms with Gasteiger partial charge in [0.05, 0.1) is 37.4 Å². The molecule has 0 unspecified atom stereocenters. The number of hydrogen-bond donors (Lipinski definition) is 8. The number of fused-ring (bicyclic) bond motifs is 3. The molecular formula is C70H83F3N9NaO17. The Morgan fingerprint density at radius 1 is 0.610 bits per heavy atom. The molecule has 0 amide bonds. The van der Waals surface area contributed by atoms with Gasteiger partial charge in [-0.3, -0.25) is 14.4 Å². The van der Waals surface area contributed by atoms with Crippen molar-refractivity contribution in [2.24, 2.45) is 0 Å². The van der Waals surface area contributed by atoms with Gasteiger partial charge < -0.3 is 71.5 Å². The number of aromatic nitrogens is 6. The molecular weight excluding hydrogens is 1320 g/mol. The van der Waals surface area contributed by atoms with Gasteiger partial charge in [0, 0.05) is 20.4 Å². The second kappa shape index (κ2) is 33.0. The van der Waals surface area contributed by atoms with Gasteiger partial charge in [0.15, 0.2) is 17.5 Å². The fraction of sp³-hybridized carbons (Fsp3) is 0.400. The predicted molar refractivity (Wildman–Crippen MR) is 359 cm³/mol. The van der Waals surface area contributed by atoms with Crippen LogP contribution in [-0.2, 0) is 65.9 Å². The molecule has 26 nitrogen and oxygen atoms in total. The van der Waals surface area contributed by atoms with Crippen molar-refractivity contribution in [2.75, 3.05) is 37.1 Å². The summed E-state index contributed by atoms with van der Waals surface area (Å²) in [6, 6.07) is 12.5. The van der Waals surface area contributed by atoms with Crippen molar-refractivity contribution >= 4 is 53.6 Å². The van der Waals surface area contributed by atoms with Crippen LogP contribution in [0, 0.1) is 20.8 Å². The zero-order chi connectivity index (χ0) is 72.1. The maximum Gasteiger partial charge on any atom is 1.00 e. The second-order valence-electron chi connectivity index (χ2n) is 25.0. The number of carboxylic acid groups (broad SMARTS) is 1. The summed E-state index contributed by atoms with van der Waals surface area (Å²) in [7, 11) is 1.60. The number of esters is 4. The molecule has 30 heteroatoms. The van der Waals surface area contributed by atoms with Crippen LogP contribution >= 0.6 is 0 Å². The number of benzene rings is 4. The molecule has 0 radical (unpaired) electrons. The van der Waals surface area contributed by atoms with E-state index in [2.05, 4.69) is 71.8 Å². The summed E-state index contributed by atoms with van der Waals surface area (Å²) in [5.74, 6) is -2.51. The van der Waals surface area contributed by atoms with E-state index in [9.17, 15) is 57.6 Å². The Bertz CT molecular complexity index is 4230. The maximum atomic E-state index is 13.0. The third kappa shape index (κ3) is 18.2. The summed E-state index contributed by atoms with van der Waals surface area (Å²) in [5.41, 5.74) is 18.6. The first-order valence-corrected chi connectivity index (χ1v) is 30.7. The SMILES string of the molecule is C.CCOC(=O)c1c(C)nc(-c2c(O)cc3c(c2O)CCC3(C)C)nc1N.CCOC(=O)c1c(C)nc(-c2c(OC(C)=O)cc3c(c2OC(C)=O)CCC3(C)C)nc1NCc1ccc(OC)cc1.Cc1nc(-c2c(O)cc3c(c2O)CCC3(C)C)nc(N)c1C(=O)O.O=CC(F)(F)F.[Na+].[OH-]. The van der Waals surface area contributed by atoms with Gasteiger partial charge in [-0.25, -0.2) is 44.3 Å². The Morgan fingerprint density at radius 3 is 1.39 bits per heavy atom. The van der Waals surface area contributed by atoms with Gasteiger partial charge >= 0.3 is 65.6 Å². The van der Waals surface area contributed by atoms with E-state index in [1.807, 2.05) is 24.3 Å². The zero-order valence-corrected chi connectivity index (χ0v) is 59.6. The smallest absolute Gasteiger partial charge is 0.870 e. The number of nitrogen functional groups attached to an aromatic ring is 2. The van der Waals surface area contributed by atoms with E-state index in [1.165, 1.54) is 20.8 Å². The molecule has 0 bridgehead atoms. The Morgan fingerprint density at radius 2 is 1.00 bits per heavy atom. The Kier molecular flexibility index (Phi) is 27.3. The molecule has 4 aromatic carbocycles. The number of methoxy groups -OCH3 is 1. The number of carboxylic acids is 1. The van der Waals surface area contributed by atoms with E-state index < -0.39 is 42.3 Å². The van der Waals surface area contributed by atoms with Gasteiger partial charge in [0.25, 0.3) is 0 Å². The second-order valence-corrected chi connectivity index (χ2v) is 25.0. The number of anilines is 3. The van der Waals surface area contributed by atoms with Crippen LogP contribution in [0.4, 0.5) is 30.6 Å². The van der Waals surface area contributed by atoms with Crippen LogP contribution in [0.15, 0.2) is 42.5 Å². The first kappa shape index (κ1) is 82.7. The number of aromatic carboxylic acids is 1. The number of phenols is 4. The normalized spacial score (nSPS) is 13.7. The van der Waals surface area contributed by atoms with Crippen LogP contribution in [0.2, 0.25) is 0 Å². The van der Waals surface area contributed by atoms with Crippen LogP contribution in [-0.4, -0.2) is 124 Å². The molecule has 0 saturated heterocycles. The fourth-order valence-electron chi connectivity index (χ4n) is 11.8. The third-order valence-corrected chi connectivity index (χ3v) is 16.7. The summed E-state index contributed by atoms with van der Waals surface area (Å²) in [6.07, 6.45) is -1.11. The van der Waals surface area contributed by atoms with Crippen LogP contribution in [0.25, 0.3) is 34.2 Å². The monoisotopic (exact) mass is 1400 g/mol. The largest absolute Gasteiger partial charge is 1.00 e. The average Bonchev–Trinajstić information content (AvgIpc) is 1.50. The number of hydrogen-bond acceptors (Lipinski definition) is 25. The number of aryl methyl sites for hydroxylation is 3. The standard InChI is InChI=1S/C31H35N3O7.C19H23N3O4.C17H19N3O4.C2HF3O.CH4.Na.H2O/c1-8-39-30(37)25-17(2)33-29(34-28(25)32-16-20-9-11-21(38-7)12-10-20)26-24(40-18(3)35)15-23-22(13-14-31(23,5)6)27(26)41-19(4)36;1-5-26-18(25)13-9(2)21-17(22-16(13)20)14-12(23)8-11-10(15(14)24)6-7-19(11,3)4;1-7-11(16(23)24)14(18)20-15(19-7)12-10(21)6-9-8(13(12)22)4-5-17(9,2)3;3-2(4,5)1-6;;;/h9-12,15H,8,13-14,16H2,1-7H3,(H,32,33,34);8,23-24H,5-7H2,1-4H3,(H2,20,21,22);6,21-22H,4-5H2,1-3H3,(H,23,24)(H2,18,19,20);1H;1H4;;1H2/q;;;;;+1;/p-1. The average molecular weight is 1400 g/mol. The number of carbonyl (C=O) groups is 6. The number of rotatable bonds is 14. The first-order chi connectivity index (χ1) is 45.3. The van der Waals surface area contributed by atoms with E-state index in [0.29, 0.717) is 37.2 Å². The summed E-state index contributed by atoms with van der Waals surface area (Å²) in [5, 5.41) is 54.7. The van der Waals surface area contributed by atoms with Crippen molar-refractivity contribution in [2.45, 2.75) is 165 Å². The van der Waals surface area contributed by atoms with Crippen molar-refractivity contribution in [1.82, 2.24) is 29.9 Å². The number of ether oxygens (including phenoxy) is 5. The summed E-state index contributed by atoms with van der Waals surface area (Å²) in [6.45, 7) is 23.9. The van der Waals surface area contributed by atoms with Gasteiger partial charge in [-0.05, 0) is 159 Å². The molecule has 7 aromatic rings. The molecule has 0 saturated carbocycles. The van der Waals surface area contributed by atoms with E-state index >= 15 is 0 Å². The summed E-state index contributed by atoms with van der Waals surface area (Å²) < 4.78 is 58.2. The molecule has 3 aliphatic carbocycles. The topological polar surface area (TPSA) is 421 Å². The van der Waals surface area contributed by atoms with Gasteiger partial charge in [-0.15, -0.1) is 0 Å². The van der Waals surface area contributed by atoms with Crippen LogP contribution in [0.3, 0.4) is 0 Å². The number of halogens is 3. The Labute approximate surface area is 598 Å². The van der Waals surface area contributed by atoms with Gasteiger partial charge in [0.1, 0.15) is 91.1 Å². The molecule has 0 fully saturated rings. The van der Waals surface area contributed by atoms with E-state index in [1.54, 1.807) is 53.0 Å². The number of nitrogens with one attached hydrogen (secondary N) is 1. The Balaban J connectivity index is 0.000000313. The maximum absolute atomic E-state index is 13.0. The molecule has 10 rings (SSSR count). The van der Waals surface area contributed by atoms with Gasteiger partial charge in [-0.2, -0.15) is 13.2 Å². The van der Waals surface area contributed by atoms with E-state index in [4.69, 9.17) is 50.0 Å². The van der Waals surface area contributed by atoms with Crippen molar-refractivity contribution < 1.29 is 126 Å². The molecule has 11 N–H and O–H groups in total. The number of carbonyl (C=O) groups excluding carboxylic acids is 5. The Hall–Kier alpha value is -9.71. The quantitative estimate of drug-likeness (QED) is 0.0218. The summed E-state index contributed by atoms with van der Waals surface area (Å²) >= 11 is 0. The van der Waals surface area contributed by atoms with Crippen LogP contribution < -0.4 is 60.6 Å². The zero-order valence-electron chi connectivity index (χ0n) is 57.6. The molecule has 100 heavy (non-hydrogen) atoms. The number of nitrogens with two attached hydrogens (primary N) is 2. The number of aldehydes is 1. The minimum Gasteiger partial charge on any atom is -0.870 e. The molecule has 3 aliphatic rings. The molecule has 3 heterocycles. The van der Waals surface area contributed by atoms with Gasteiger partial charge in [-0.1, -0.05) is 61.1 Å². The number of phenolic OH excluding ortho intramolecular Hbond substituents is 4. The van der Waals surface area contributed by atoms with Crippen LogP contribution in [0.5, 0.6) is 40.2 Å². The minimum atomic E-state index is -4.64. The number of alkyl halides is 3. The molecule has 532 valence electrons. The predicted octanol–water partition coefficient (Wildman–Crippen LogP) is 8.75. The molecule has 0 aliphatic heterocycles. The van der Waals surface area contributed by atoms with E-state index in [0.717, 1.165) is 64.0 Å². The van der Waals surface area contributed by atoms with Crippen molar-refractivity contribution in [3.63, 3.8) is 0 Å². The van der Waals surface area contributed by atoms with Crippen molar-refractivity contribution in [3.05, 3.63) is 115 Å². The summed E-state index contributed by atoms with van der Waals surface area (Å²) in [4.78, 5) is 95.2. The number of nitrogens with zero attached hydrogens (tertiary/aromatic N) is 6. The third-order valence-electron chi connectivity index (χ3n) is 16.7. The van der Waals surface area contributed by atoms with Crippen molar-refractivity contribution in [1.29, 1.82) is 0 Å². The molecule has 0 spiro atoms. The molecule has 3 aromatic heterocycles. The van der Waals surface area contributed by atoms with Gasteiger partial charge in [0.2, 0.25) is 6.29 Å². The minimum absolute atomic E-state index is 0. The van der Waals surface area contributed by atoms with Crippen LogP contribution in [0.1, 0.15) is 183 Å². The fourth-order valence-corrected chi connectivity index (χ4v) is 11.8. The van der Waals surface area contributed by atoms with Crippen molar-refractivity contribution in [3.8, 4) is 74.4 Å². The number of aromatic hydroxyl groups is 4. The first-order valence-electron chi connectivity index (χ1n) is 30.7.